The van der Waals surface area contributed by atoms with E-state index in [2.05, 4.69) is 10.3 Å². The molecule has 0 fully saturated rings. The zero-order chi connectivity index (χ0) is 19.8. The number of hydrogen-bond acceptors (Lipinski definition) is 7. The summed E-state index contributed by atoms with van der Waals surface area (Å²) in [5, 5.41) is 2.92. The molecule has 0 spiro atoms. The van der Waals surface area contributed by atoms with E-state index in [1.165, 1.54) is 43.3 Å². The summed E-state index contributed by atoms with van der Waals surface area (Å²) in [5.41, 5.74) is 0.755. The average molecular weight is 425 g/mol. The van der Waals surface area contributed by atoms with Gasteiger partial charge in [-0.2, -0.15) is 0 Å². The topological polar surface area (TPSA) is 110 Å². The number of thiazole rings is 1. The number of rotatable bonds is 5. The maximum Gasteiger partial charge on any atom is 0.257 e. The Morgan fingerprint density at radius 2 is 1.81 bits per heavy atom. The minimum absolute atomic E-state index is 0.0569. The van der Waals surface area contributed by atoms with Gasteiger partial charge in [0.2, 0.25) is 0 Å². The number of amides is 1. The molecule has 142 valence electrons. The molecule has 0 saturated carbocycles. The van der Waals surface area contributed by atoms with Crippen molar-refractivity contribution in [1.29, 1.82) is 0 Å². The maximum atomic E-state index is 12.4. The highest BCUT2D eigenvalue weighted by Crippen LogP contribution is 2.28. The molecule has 1 heterocycles. The van der Waals surface area contributed by atoms with E-state index in [1.54, 1.807) is 6.07 Å². The molecule has 0 bridgehead atoms. The summed E-state index contributed by atoms with van der Waals surface area (Å²) in [5.74, 6) is -0.552. The third kappa shape index (κ3) is 4.18. The van der Waals surface area contributed by atoms with E-state index in [9.17, 15) is 21.6 Å². The lowest BCUT2D eigenvalue weighted by Gasteiger charge is -2.05. The van der Waals surface area contributed by atoms with Crippen molar-refractivity contribution in [3.63, 3.8) is 0 Å². The van der Waals surface area contributed by atoms with E-state index < -0.39 is 25.6 Å². The molecule has 0 unspecified atom stereocenters. The molecular formula is C17H16N2O5S3. The fourth-order valence-corrected chi connectivity index (χ4v) is 4.90. The summed E-state index contributed by atoms with van der Waals surface area (Å²) in [4.78, 5) is 17.0. The standard InChI is InChI=1S/C17H16N2O5S3/c1-3-27(23,24)13-6-4-5-11(9-13)16(20)19-17-18-14-8-7-12(26(2,21)22)10-15(14)25-17/h4-10H,3H2,1-2H3,(H,18,19,20). The number of benzene rings is 2. The molecule has 0 saturated heterocycles. The lowest BCUT2D eigenvalue weighted by Crippen LogP contribution is -2.13. The highest BCUT2D eigenvalue weighted by atomic mass is 32.2. The molecule has 0 aliphatic carbocycles. The van der Waals surface area contributed by atoms with Crippen molar-refractivity contribution in [3.05, 3.63) is 48.0 Å². The van der Waals surface area contributed by atoms with Crippen LogP contribution in [0.4, 0.5) is 5.13 Å². The summed E-state index contributed by atoms with van der Waals surface area (Å²) in [6.45, 7) is 1.54. The smallest absolute Gasteiger partial charge is 0.257 e. The molecule has 3 aromatic rings. The SMILES string of the molecule is CCS(=O)(=O)c1cccc(C(=O)Nc2nc3ccc(S(C)(=O)=O)cc3s2)c1. The Morgan fingerprint density at radius 3 is 2.48 bits per heavy atom. The first-order valence-electron chi connectivity index (χ1n) is 7.85. The average Bonchev–Trinajstić information content (AvgIpc) is 3.02. The first kappa shape index (κ1) is 19.5. The number of nitrogens with one attached hydrogen (secondary N) is 1. The molecule has 0 aliphatic heterocycles. The zero-order valence-electron chi connectivity index (χ0n) is 14.5. The second-order valence-electron chi connectivity index (χ2n) is 5.81. The molecule has 1 aromatic heterocycles. The van der Waals surface area contributed by atoms with Crippen molar-refractivity contribution in [1.82, 2.24) is 4.98 Å². The minimum Gasteiger partial charge on any atom is -0.298 e. The highest BCUT2D eigenvalue weighted by Gasteiger charge is 2.16. The second kappa shape index (κ2) is 7.02. The van der Waals surface area contributed by atoms with Gasteiger partial charge < -0.3 is 0 Å². The van der Waals surface area contributed by atoms with Gasteiger partial charge >= 0.3 is 0 Å². The van der Waals surface area contributed by atoms with E-state index in [4.69, 9.17) is 0 Å². The molecule has 3 rings (SSSR count). The third-order valence-corrected chi connectivity index (χ3v) is 7.62. The molecule has 0 aliphatic rings. The van der Waals surface area contributed by atoms with Gasteiger partial charge in [-0.25, -0.2) is 21.8 Å². The number of carbonyl (C=O) groups is 1. The highest BCUT2D eigenvalue weighted by molar-refractivity contribution is 7.91. The van der Waals surface area contributed by atoms with E-state index in [-0.39, 0.29) is 21.1 Å². The Kier molecular flexibility index (Phi) is 5.06. The summed E-state index contributed by atoms with van der Waals surface area (Å²) >= 11 is 1.14. The molecule has 10 heteroatoms. The number of carbonyl (C=O) groups excluding carboxylic acids is 1. The van der Waals surface area contributed by atoms with Crippen molar-refractivity contribution < 1.29 is 21.6 Å². The zero-order valence-corrected chi connectivity index (χ0v) is 16.9. The normalized spacial score (nSPS) is 12.2. The number of anilines is 1. The van der Waals surface area contributed by atoms with Crippen molar-refractivity contribution in [2.24, 2.45) is 0 Å². The van der Waals surface area contributed by atoms with Gasteiger partial charge in [-0.1, -0.05) is 24.3 Å². The Labute approximate surface area is 160 Å². The monoisotopic (exact) mass is 424 g/mol. The Hall–Kier alpha value is -2.30. The summed E-state index contributed by atoms with van der Waals surface area (Å²) < 4.78 is 47.9. The molecule has 0 atom stereocenters. The van der Waals surface area contributed by atoms with E-state index >= 15 is 0 Å². The van der Waals surface area contributed by atoms with Crippen molar-refractivity contribution >= 4 is 52.3 Å². The predicted octanol–water partition coefficient (Wildman–Crippen LogP) is 2.75. The van der Waals surface area contributed by atoms with E-state index in [0.717, 1.165) is 17.6 Å². The van der Waals surface area contributed by atoms with Gasteiger partial charge in [0.15, 0.2) is 24.8 Å². The molecule has 27 heavy (non-hydrogen) atoms. The third-order valence-electron chi connectivity index (χ3n) is 3.84. The lowest BCUT2D eigenvalue weighted by molar-refractivity contribution is 0.102. The fraction of sp³-hybridized carbons (Fsp3) is 0.176. The van der Waals surface area contributed by atoms with Crippen molar-refractivity contribution in [2.75, 3.05) is 17.3 Å². The van der Waals surface area contributed by atoms with Crippen LogP contribution in [0, 0.1) is 0 Å². The Bertz CT molecular complexity index is 1240. The van der Waals surface area contributed by atoms with E-state index in [1.807, 2.05) is 0 Å². The molecule has 0 radical (unpaired) electrons. The summed E-state index contributed by atoms with van der Waals surface area (Å²) in [6, 6.07) is 10.3. The van der Waals surface area contributed by atoms with Crippen molar-refractivity contribution in [3.8, 4) is 0 Å². The first-order chi connectivity index (χ1) is 12.6. The van der Waals surface area contributed by atoms with Gasteiger partial charge in [0.25, 0.3) is 5.91 Å². The Balaban J connectivity index is 1.89. The lowest BCUT2D eigenvalue weighted by atomic mass is 10.2. The van der Waals surface area contributed by atoms with Crippen LogP contribution in [-0.4, -0.2) is 39.7 Å². The van der Waals surface area contributed by atoms with Gasteiger partial charge in [-0.05, 0) is 36.4 Å². The molecule has 7 nitrogen and oxygen atoms in total. The van der Waals surface area contributed by atoms with Gasteiger partial charge in [0.1, 0.15) is 0 Å². The van der Waals surface area contributed by atoms with Crippen molar-refractivity contribution in [2.45, 2.75) is 16.7 Å². The van der Waals surface area contributed by atoms with Gasteiger partial charge in [0.05, 0.1) is 25.8 Å². The number of nitrogens with zero attached hydrogens (tertiary/aromatic N) is 1. The summed E-state index contributed by atoms with van der Waals surface area (Å²) in [7, 11) is -6.75. The quantitative estimate of drug-likeness (QED) is 0.674. The number of sulfone groups is 2. The van der Waals surface area contributed by atoms with E-state index in [0.29, 0.717) is 15.3 Å². The van der Waals surface area contributed by atoms with Crippen LogP contribution in [0.5, 0.6) is 0 Å². The van der Waals surface area contributed by atoms with Crippen LogP contribution in [0.3, 0.4) is 0 Å². The minimum atomic E-state index is -3.42. The van der Waals surface area contributed by atoms with Gasteiger partial charge in [-0.15, -0.1) is 0 Å². The van der Waals surface area contributed by atoms with Gasteiger partial charge in [-0.3, -0.25) is 10.1 Å². The maximum absolute atomic E-state index is 12.4. The largest absolute Gasteiger partial charge is 0.298 e. The summed E-state index contributed by atoms with van der Waals surface area (Å²) in [6.07, 6.45) is 1.12. The van der Waals surface area contributed by atoms with Gasteiger partial charge in [0, 0.05) is 11.8 Å². The van der Waals surface area contributed by atoms with Crippen LogP contribution in [0.2, 0.25) is 0 Å². The first-order valence-corrected chi connectivity index (χ1v) is 12.2. The van der Waals surface area contributed by atoms with Crippen LogP contribution >= 0.6 is 11.3 Å². The molecule has 2 aromatic carbocycles. The number of hydrogen-bond donors (Lipinski definition) is 1. The molecule has 1 amide bonds. The second-order valence-corrected chi connectivity index (χ2v) is 11.1. The van der Waals surface area contributed by atoms with Crippen LogP contribution in [-0.2, 0) is 19.7 Å². The van der Waals surface area contributed by atoms with Crippen LogP contribution in [0.25, 0.3) is 10.2 Å². The van der Waals surface area contributed by atoms with Crippen LogP contribution in [0.1, 0.15) is 17.3 Å². The molecule has 1 N–H and O–H groups in total. The Morgan fingerprint density at radius 1 is 1.07 bits per heavy atom. The predicted molar refractivity (Wildman–Crippen MR) is 105 cm³/mol. The molecular weight excluding hydrogens is 408 g/mol. The van der Waals surface area contributed by atoms with Crippen LogP contribution < -0.4 is 5.32 Å². The number of aromatic nitrogens is 1. The van der Waals surface area contributed by atoms with Crippen LogP contribution in [0.15, 0.2) is 52.3 Å². The fourth-order valence-electron chi connectivity index (χ4n) is 2.36. The number of fused-ring (bicyclic) bond motifs is 1.